The van der Waals surface area contributed by atoms with Crippen LogP contribution in [-0.4, -0.2) is 40.8 Å². The molecule has 31 heavy (non-hydrogen) atoms. The fourth-order valence-electron chi connectivity index (χ4n) is 4.04. The van der Waals surface area contributed by atoms with E-state index in [1.54, 1.807) is 41.6 Å². The summed E-state index contributed by atoms with van der Waals surface area (Å²) >= 11 is 8.03. The number of aryl methyl sites for hydroxylation is 1. The third-order valence-corrected chi connectivity index (χ3v) is 8.63. The van der Waals surface area contributed by atoms with Crippen molar-refractivity contribution in [1.82, 2.24) is 14.9 Å². The first kappa shape index (κ1) is 20.6. The van der Waals surface area contributed by atoms with E-state index in [0.29, 0.717) is 45.6 Å². The predicted molar refractivity (Wildman–Crippen MR) is 119 cm³/mol. The normalized spacial score (nSPS) is 19.5. The molecule has 8 nitrogen and oxygen atoms in total. The van der Waals surface area contributed by atoms with E-state index >= 15 is 0 Å². The molecule has 5 rings (SSSR count). The van der Waals surface area contributed by atoms with Crippen LogP contribution in [0.3, 0.4) is 0 Å². The van der Waals surface area contributed by atoms with Gasteiger partial charge in [-0.1, -0.05) is 35.0 Å². The monoisotopic (exact) mass is 478 g/mol. The molecule has 1 saturated heterocycles. The Morgan fingerprint density at radius 2 is 2.13 bits per heavy atom. The number of nitrogens with one attached hydrogen (secondary N) is 1. The topological polar surface area (TPSA) is 107 Å². The SMILES string of the molecule is Cc1onc(-c2ccccc2Cl)c1C(=O)Nc1c2c(nn1C1CCS(=O)(=O)C1)CSC2. The van der Waals surface area contributed by atoms with Crippen molar-refractivity contribution in [1.29, 1.82) is 0 Å². The minimum absolute atomic E-state index is 0.0285. The van der Waals surface area contributed by atoms with Gasteiger partial charge in [0.05, 0.1) is 28.3 Å². The molecule has 2 aromatic heterocycles. The van der Waals surface area contributed by atoms with Crippen molar-refractivity contribution in [2.75, 3.05) is 16.8 Å². The molecule has 1 amide bonds. The number of thioether (sulfide) groups is 1. The summed E-state index contributed by atoms with van der Waals surface area (Å²) in [4.78, 5) is 13.4. The van der Waals surface area contributed by atoms with Crippen LogP contribution in [0.2, 0.25) is 5.02 Å². The largest absolute Gasteiger partial charge is 0.360 e. The fourth-order valence-corrected chi connectivity index (χ4v) is 7.00. The zero-order chi connectivity index (χ0) is 21.8. The molecule has 0 saturated carbocycles. The lowest BCUT2D eigenvalue weighted by Gasteiger charge is -2.15. The van der Waals surface area contributed by atoms with E-state index in [4.69, 9.17) is 16.1 Å². The van der Waals surface area contributed by atoms with Gasteiger partial charge in [0.15, 0.2) is 9.84 Å². The van der Waals surface area contributed by atoms with Crippen molar-refractivity contribution in [3.63, 3.8) is 0 Å². The van der Waals surface area contributed by atoms with Gasteiger partial charge in [0.1, 0.15) is 22.8 Å². The van der Waals surface area contributed by atoms with E-state index in [0.717, 1.165) is 17.0 Å². The summed E-state index contributed by atoms with van der Waals surface area (Å²) in [5, 5.41) is 12.1. The molecular weight excluding hydrogens is 460 g/mol. The highest BCUT2D eigenvalue weighted by Crippen LogP contribution is 2.39. The number of fused-ring (bicyclic) bond motifs is 1. The predicted octanol–water partition coefficient (Wildman–Crippen LogP) is 3.86. The van der Waals surface area contributed by atoms with Gasteiger partial charge in [0, 0.05) is 22.6 Å². The summed E-state index contributed by atoms with van der Waals surface area (Å²) in [6.45, 7) is 1.67. The number of sulfone groups is 1. The third-order valence-electron chi connectivity index (χ3n) is 5.58. The van der Waals surface area contributed by atoms with Crippen molar-refractivity contribution < 1.29 is 17.7 Å². The van der Waals surface area contributed by atoms with Crippen molar-refractivity contribution in [2.24, 2.45) is 0 Å². The first-order valence-corrected chi connectivity index (χ1v) is 13.1. The van der Waals surface area contributed by atoms with Gasteiger partial charge in [-0.25, -0.2) is 13.1 Å². The van der Waals surface area contributed by atoms with Crippen LogP contribution in [0.25, 0.3) is 11.3 Å². The summed E-state index contributed by atoms with van der Waals surface area (Å²) < 4.78 is 31.0. The Labute approximate surface area is 188 Å². The van der Waals surface area contributed by atoms with Gasteiger partial charge in [-0.05, 0) is 19.4 Å². The summed E-state index contributed by atoms with van der Waals surface area (Å²) in [5.41, 5.74) is 3.08. The number of carbonyl (C=O) groups excluding carboxylic acids is 1. The van der Waals surface area contributed by atoms with Crippen LogP contribution in [-0.2, 0) is 21.3 Å². The third kappa shape index (κ3) is 3.66. The zero-order valence-electron chi connectivity index (χ0n) is 16.6. The quantitative estimate of drug-likeness (QED) is 0.606. The molecule has 4 heterocycles. The maximum absolute atomic E-state index is 13.4. The molecule has 2 aliphatic heterocycles. The van der Waals surface area contributed by atoms with E-state index in [2.05, 4.69) is 15.6 Å². The average molecular weight is 479 g/mol. The van der Waals surface area contributed by atoms with Crippen LogP contribution in [0.5, 0.6) is 0 Å². The highest BCUT2D eigenvalue weighted by atomic mass is 35.5. The Bertz CT molecular complexity index is 1300. The Kier molecular flexibility index (Phi) is 5.10. The summed E-state index contributed by atoms with van der Waals surface area (Å²) in [6, 6.07) is 6.82. The van der Waals surface area contributed by atoms with Crippen molar-refractivity contribution in [2.45, 2.75) is 30.9 Å². The van der Waals surface area contributed by atoms with E-state index in [9.17, 15) is 13.2 Å². The first-order chi connectivity index (χ1) is 14.8. The minimum Gasteiger partial charge on any atom is -0.360 e. The molecule has 1 unspecified atom stereocenters. The van der Waals surface area contributed by atoms with Gasteiger partial charge in [0.25, 0.3) is 5.91 Å². The van der Waals surface area contributed by atoms with Gasteiger partial charge in [0.2, 0.25) is 0 Å². The lowest BCUT2D eigenvalue weighted by Crippen LogP contribution is -2.21. The van der Waals surface area contributed by atoms with Crippen LogP contribution >= 0.6 is 23.4 Å². The van der Waals surface area contributed by atoms with Crippen molar-refractivity contribution in [3.05, 3.63) is 51.9 Å². The molecule has 1 aromatic carbocycles. The molecule has 1 N–H and O–H groups in total. The Balaban J connectivity index is 1.53. The van der Waals surface area contributed by atoms with Gasteiger partial charge in [-0.3, -0.25) is 4.79 Å². The molecule has 0 radical (unpaired) electrons. The lowest BCUT2D eigenvalue weighted by atomic mass is 10.1. The molecule has 3 aromatic rings. The highest BCUT2D eigenvalue weighted by molar-refractivity contribution is 7.98. The number of benzene rings is 1. The number of amides is 1. The number of anilines is 1. The zero-order valence-corrected chi connectivity index (χ0v) is 19.0. The van der Waals surface area contributed by atoms with Crippen LogP contribution in [0.4, 0.5) is 5.82 Å². The number of aromatic nitrogens is 3. The van der Waals surface area contributed by atoms with Gasteiger partial charge in [-0.15, -0.1) is 0 Å². The van der Waals surface area contributed by atoms with Gasteiger partial charge in [-0.2, -0.15) is 16.9 Å². The van der Waals surface area contributed by atoms with Crippen LogP contribution < -0.4 is 5.32 Å². The Morgan fingerprint density at radius 3 is 2.87 bits per heavy atom. The van der Waals surface area contributed by atoms with E-state index in [-0.39, 0.29) is 17.5 Å². The second-order valence-electron chi connectivity index (χ2n) is 7.66. The van der Waals surface area contributed by atoms with E-state index in [1.165, 1.54) is 0 Å². The maximum Gasteiger partial charge on any atom is 0.262 e. The standard InChI is InChI=1S/C20H19ClN4O4S2/c1-11-17(18(24-29-11)13-4-2-3-5-15(13)21)20(26)22-19-14-8-30-9-16(14)23-25(19)12-6-7-31(27,28)10-12/h2-5,12H,6-10H2,1H3,(H,22,26). The number of rotatable bonds is 4. The molecular formula is C20H19ClN4O4S2. The molecule has 1 fully saturated rings. The average Bonchev–Trinajstić information content (AvgIpc) is 3.47. The van der Waals surface area contributed by atoms with Crippen LogP contribution in [0.15, 0.2) is 28.8 Å². The molecule has 0 spiro atoms. The molecule has 1 atom stereocenters. The van der Waals surface area contributed by atoms with Crippen LogP contribution in [0, 0.1) is 6.92 Å². The second kappa shape index (κ2) is 7.68. The number of carbonyl (C=O) groups is 1. The van der Waals surface area contributed by atoms with Crippen molar-refractivity contribution >= 4 is 44.9 Å². The fraction of sp³-hybridized carbons (Fsp3) is 0.350. The number of hydrogen-bond donors (Lipinski definition) is 1. The second-order valence-corrected chi connectivity index (χ2v) is 11.3. The number of halogens is 1. The molecule has 162 valence electrons. The lowest BCUT2D eigenvalue weighted by molar-refractivity contribution is 0.102. The summed E-state index contributed by atoms with van der Waals surface area (Å²) in [6.07, 6.45) is 0.482. The minimum atomic E-state index is -3.10. The molecule has 0 aliphatic carbocycles. The summed E-state index contributed by atoms with van der Waals surface area (Å²) in [5.74, 6) is 2.14. The van der Waals surface area contributed by atoms with E-state index in [1.807, 2.05) is 6.07 Å². The molecule has 2 aliphatic rings. The number of nitrogens with zero attached hydrogens (tertiary/aromatic N) is 3. The Morgan fingerprint density at radius 1 is 1.32 bits per heavy atom. The molecule has 11 heteroatoms. The Hall–Kier alpha value is -2.30. The first-order valence-electron chi connectivity index (χ1n) is 9.75. The highest BCUT2D eigenvalue weighted by Gasteiger charge is 2.35. The number of hydrogen-bond acceptors (Lipinski definition) is 7. The van der Waals surface area contributed by atoms with Crippen molar-refractivity contribution in [3.8, 4) is 11.3 Å². The van der Waals surface area contributed by atoms with Crippen LogP contribution in [0.1, 0.15) is 39.8 Å². The van der Waals surface area contributed by atoms with E-state index < -0.39 is 15.7 Å². The van der Waals surface area contributed by atoms with Gasteiger partial charge >= 0.3 is 0 Å². The summed E-state index contributed by atoms with van der Waals surface area (Å²) in [7, 11) is -3.10. The maximum atomic E-state index is 13.4. The van der Waals surface area contributed by atoms with Gasteiger partial charge < -0.3 is 9.84 Å². The smallest absolute Gasteiger partial charge is 0.262 e. The molecule has 0 bridgehead atoms.